The van der Waals surface area contributed by atoms with Gasteiger partial charge < -0.3 is 10.6 Å². The Hall–Kier alpha value is -1.20. The number of hydrogen-bond donors (Lipinski definition) is 3. The molecule has 0 saturated heterocycles. The largest absolute Gasteiger partial charge is 0.344 e. The molecule has 1 rings (SSSR count). The lowest BCUT2D eigenvalue weighted by Gasteiger charge is -2.17. The summed E-state index contributed by atoms with van der Waals surface area (Å²) in [7, 11) is 0. The second-order valence-electron chi connectivity index (χ2n) is 3.86. The molecule has 0 radical (unpaired) electrons. The van der Waals surface area contributed by atoms with E-state index in [2.05, 4.69) is 23.3 Å². The summed E-state index contributed by atoms with van der Waals surface area (Å²) in [5.74, 6) is -0.397. The summed E-state index contributed by atoms with van der Waals surface area (Å²) < 4.78 is 0. The highest BCUT2D eigenvalue weighted by atomic mass is 35.5. The molecule has 0 aliphatic heterocycles. The predicted molar refractivity (Wildman–Crippen MR) is 76.3 cm³/mol. The molecule has 98 valence electrons. The van der Waals surface area contributed by atoms with E-state index in [4.69, 9.17) is 11.6 Å². The quantitative estimate of drug-likeness (QED) is 0.742. The van der Waals surface area contributed by atoms with Gasteiger partial charge in [-0.15, -0.1) is 0 Å². The average molecular weight is 287 g/mol. The Morgan fingerprint density at radius 3 is 2.61 bits per heavy atom. The topological polar surface area (TPSA) is 58.2 Å². The Bertz CT molecular complexity index is 445. The molecule has 18 heavy (non-hydrogen) atoms. The number of anilines is 1. The van der Waals surface area contributed by atoms with Gasteiger partial charge in [0.25, 0.3) is 0 Å². The first-order valence-electron chi connectivity index (χ1n) is 5.39. The number of carbonyl (C=O) groups excluding carboxylic acids is 2. The number of benzene rings is 1. The normalized spacial score (nSPS) is 11.8. The fourth-order valence-electron chi connectivity index (χ4n) is 1.44. The van der Waals surface area contributed by atoms with E-state index in [0.717, 1.165) is 5.56 Å². The van der Waals surface area contributed by atoms with Crippen molar-refractivity contribution in [3.05, 3.63) is 28.8 Å². The van der Waals surface area contributed by atoms with Crippen LogP contribution in [0.1, 0.15) is 12.5 Å². The Labute approximate surface area is 117 Å². The van der Waals surface area contributed by atoms with Gasteiger partial charge in [-0.2, -0.15) is 12.6 Å². The summed E-state index contributed by atoms with van der Waals surface area (Å²) >= 11 is 10.0. The van der Waals surface area contributed by atoms with Gasteiger partial charge in [0, 0.05) is 12.7 Å². The fraction of sp³-hybridized carbons (Fsp3) is 0.333. The lowest BCUT2D eigenvalue weighted by molar-refractivity contribution is -0.124. The number of nitrogens with one attached hydrogen (secondary N) is 2. The van der Waals surface area contributed by atoms with Crippen molar-refractivity contribution in [2.75, 3.05) is 11.1 Å². The van der Waals surface area contributed by atoms with Crippen LogP contribution >= 0.6 is 24.2 Å². The zero-order valence-corrected chi connectivity index (χ0v) is 11.8. The van der Waals surface area contributed by atoms with Crippen LogP contribution in [0.4, 0.5) is 5.69 Å². The van der Waals surface area contributed by atoms with Gasteiger partial charge in [-0.3, -0.25) is 9.59 Å². The van der Waals surface area contributed by atoms with Crippen LogP contribution in [0, 0.1) is 6.92 Å². The van der Waals surface area contributed by atoms with Crippen LogP contribution < -0.4 is 10.6 Å². The Balaban J connectivity index is 2.83. The Morgan fingerprint density at radius 2 is 2.11 bits per heavy atom. The molecule has 0 fully saturated rings. The fourth-order valence-corrected chi connectivity index (χ4v) is 1.97. The van der Waals surface area contributed by atoms with Crippen molar-refractivity contribution >= 4 is 41.7 Å². The molecule has 2 amide bonds. The van der Waals surface area contributed by atoms with Crippen molar-refractivity contribution in [2.45, 2.75) is 19.9 Å². The lowest BCUT2D eigenvalue weighted by Crippen LogP contribution is -2.44. The molecule has 0 aliphatic rings. The number of halogens is 1. The van der Waals surface area contributed by atoms with Gasteiger partial charge >= 0.3 is 0 Å². The highest BCUT2D eigenvalue weighted by Gasteiger charge is 2.19. The maximum atomic E-state index is 12.0. The van der Waals surface area contributed by atoms with Crippen molar-refractivity contribution in [3.8, 4) is 0 Å². The van der Waals surface area contributed by atoms with Crippen LogP contribution in [0.25, 0.3) is 0 Å². The van der Waals surface area contributed by atoms with Gasteiger partial charge in [-0.1, -0.05) is 23.7 Å². The van der Waals surface area contributed by atoms with Gasteiger partial charge in [0.15, 0.2) is 0 Å². The summed E-state index contributed by atoms with van der Waals surface area (Å²) in [4.78, 5) is 22.9. The maximum Gasteiger partial charge on any atom is 0.247 e. The average Bonchev–Trinajstić information content (AvgIpc) is 2.30. The van der Waals surface area contributed by atoms with Crippen LogP contribution in [0.2, 0.25) is 5.02 Å². The van der Waals surface area contributed by atoms with E-state index in [1.807, 2.05) is 13.0 Å². The van der Waals surface area contributed by atoms with E-state index in [1.165, 1.54) is 6.92 Å². The molecule has 0 saturated carbocycles. The summed E-state index contributed by atoms with van der Waals surface area (Å²) in [6.07, 6.45) is 0. The molecule has 0 spiro atoms. The van der Waals surface area contributed by atoms with Crippen molar-refractivity contribution in [3.63, 3.8) is 0 Å². The number of thiol groups is 1. The Kier molecular flexibility index (Phi) is 5.50. The molecule has 2 N–H and O–H groups in total. The number of rotatable bonds is 4. The number of aryl methyl sites for hydroxylation is 1. The smallest absolute Gasteiger partial charge is 0.247 e. The van der Waals surface area contributed by atoms with E-state index >= 15 is 0 Å². The van der Waals surface area contributed by atoms with Gasteiger partial charge in [0.05, 0.1) is 10.7 Å². The van der Waals surface area contributed by atoms with Gasteiger partial charge in [0.1, 0.15) is 6.04 Å². The monoisotopic (exact) mass is 286 g/mol. The first-order chi connectivity index (χ1) is 8.45. The third-order valence-corrected chi connectivity index (χ3v) is 3.03. The molecule has 0 aliphatic carbocycles. The highest BCUT2D eigenvalue weighted by molar-refractivity contribution is 7.80. The van der Waals surface area contributed by atoms with Gasteiger partial charge in [-0.25, -0.2) is 0 Å². The number of amides is 2. The highest BCUT2D eigenvalue weighted by Crippen LogP contribution is 2.25. The molecule has 4 nitrogen and oxygen atoms in total. The van der Waals surface area contributed by atoms with E-state index in [0.29, 0.717) is 10.7 Å². The minimum atomic E-state index is -0.679. The zero-order chi connectivity index (χ0) is 13.7. The maximum absolute atomic E-state index is 12.0. The second kappa shape index (κ2) is 6.66. The summed E-state index contributed by atoms with van der Waals surface area (Å²) in [5, 5.41) is 5.68. The molecular formula is C12H15ClN2O2S. The molecule has 1 atom stereocenters. The van der Waals surface area contributed by atoms with Crippen LogP contribution in [0.15, 0.2) is 18.2 Å². The minimum absolute atomic E-state index is 0.217. The van der Waals surface area contributed by atoms with E-state index < -0.39 is 6.04 Å². The SMILES string of the molecule is CC(=O)NC(CS)C(=O)Nc1c(C)cccc1Cl. The lowest BCUT2D eigenvalue weighted by atomic mass is 10.2. The van der Waals surface area contributed by atoms with Crippen molar-refractivity contribution < 1.29 is 9.59 Å². The molecule has 1 aromatic carbocycles. The van der Waals surface area contributed by atoms with E-state index in [1.54, 1.807) is 12.1 Å². The van der Waals surface area contributed by atoms with Crippen molar-refractivity contribution in [1.82, 2.24) is 5.32 Å². The molecule has 1 aromatic rings. The summed E-state index contributed by atoms with van der Waals surface area (Å²) in [5.41, 5.74) is 1.41. The second-order valence-corrected chi connectivity index (χ2v) is 4.63. The molecule has 0 bridgehead atoms. The van der Waals surface area contributed by atoms with Gasteiger partial charge in [-0.05, 0) is 18.6 Å². The first-order valence-corrected chi connectivity index (χ1v) is 6.40. The minimum Gasteiger partial charge on any atom is -0.344 e. The predicted octanol–water partition coefficient (Wildman–Crippen LogP) is 2.02. The van der Waals surface area contributed by atoms with Crippen LogP contribution in [0.3, 0.4) is 0 Å². The van der Waals surface area contributed by atoms with Crippen LogP contribution in [0.5, 0.6) is 0 Å². The molecule has 6 heteroatoms. The number of para-hydroxylation sites is 1. The zero-order valence-electron chi connectivity index (χ0n) is 10.2. The number of hydrogen-bond acceptors (Lipinski definition) is 3. The third kappa shape index (κ3) is 3.92. The molecular weight excluding hydrogens is 272 g/mol. The number of carbonyl (C=O) groups is 2. The molecule has 0 heterocycles. The van der Waals surface area contributed by atoms with E-state index in [9.17, 15) is 9.59 Å². The van der Waals surface area contributed by atoms with E-state index in [-0.39, 0.29) is 17.6 Å². The first kappa shape index (κ1) is 14.9. The molecule has 0 aromatic heterocycles. The van der Waals surface area contributed by atoms with Crippen molar-refractivity contribution in [1.29, 1.82) is 0 Å². The Morgan fingerprint density at radius 1 is 1.44 bits per heavy atom. The van der Waals surface area contributed by atoms with Crippen molar-refractivity contribution in [2.24, 2.45) is 0 Å². The molecule has 1 unspecified atom stereocenters. The van der Waals surface area contributed by atoms with Crippen LogP contribution in [-0.2, 0) is 9.59 Å². The van der Waals surface area contributed by atoms with Crippen LogP contribution in [-0.4, -0.2) is 23.6 Å². The van der Waals surface area contributed by atoms with Gasteiger partial charge in [0.2, 0.25) is 11.8 Å². The third-order valence-electron chi connectivity index (χ3n) is 2.35. The summed E-state index contributed by atoms with van der Waals surface area (Å²) in [6, 6.07) is 4.66. The standard InChI is InChI=1S/C12H15ClN2O2S/c1-7-4-3-5-9(13)11(7)15-12(17)10(6-18)14-8(2)16/h3-5,10,18H,6H2,1-2H3,(H,14,16)(H,15,17). The summed E-state index contributed by atoms with van der Waals surface area (Å²) in [6.45, 7) is 3.19.